The fourth-order valence-corrected chi connectivity index (χ4v) is 2.77. The Balaban J connectivity index is 1.65. The number of methoxy groups -OCH3 is 1. The lowest BCUT2D eigenvalue weighted by molar-refractivity contribution is -0.119. The van der Waals surface area contributed by atoms with Crippen LogP contribution in [0.2, 0.25) is 0 Å². The van der Waals surface area contributed by atoms with Gasteiger partial charge in [-0.05, 0) is 37.2 Å². The SMILES string of the molecule is COc1cccc(NCC(=O)NNC(=S)NC2CCCCC2)c1. The number of hydrogen-bond acceptors (Lipinski definition) is 4. The standard InChI is InChI=1S/C16H24N4O2S/c1-22-14-9-5-8-13(10-14)17-11-15(21)19-20-16(23)18-12-6-3-2-4-7-12/h5,8-10,12,17H,2-4,6-7,11H2,1H3,(H,19,21)(H2,18,20,23). The maximum Gasteiger partial charge on any atom is 0.257 e. The van der Waals surface area contributed by atoms with Crippen molar-refractivity contribution in [2.45, 2.75) is 38.1 Å². The number of hydrogen-bond donors (Lipinski definition) is 4. The average molecular weight is 336 g/mol. The lowest BCUT2D eigenvalue weighted by Gasteiger charge is -2.24. The first-order valence-electron chi connectivity index (χ1n) is 7.90. The summed E-state index contributed by atoms with van der Waals surface area (Å²) in [6, 6.07) is 7.83. The minimum atomic E-state index is -0.194. The van der Waals surface area contributed by atoms with E-state index in [1.807, 2.05) is 24.3 Å². The van der Waals surface area contributed by atoms with E-state index in [9.17, 15) is 4.79 Å². The third kappa shape index (κ3) is 6.32. The Morgan fingerprint density at radius 2 is 2.04 bits per heavy atom. The molecule has 1 aliphatic rings. The topological polar surface area (TPSA) is 74.4 Å². The van der Waals surface area contributed by atoms with Crippen molar-refractivity contribution in [3.63, 3.8) is 0 Å². The lowest BCUT2D eigenvalue weighted by Crippen LogP contribution is -2.51. The first-order valence-corrected chi connectivity index (χ1v) is 8.31. The summed E-state index contributed by atoms with van der Waals surface area (Å²) in [6.07, 6.45) is 6.03. The number of carbonyl (C=O) groups excluding carboxylic acids is 1. The van der Waals surface area contributed by atoms with E-state index in [2.05, 4.69) is 21.5 Å². The minimum absolute atomic E-state index is 0.145. The van der Waals surface area contributed by atoms with Gasteiger partial charge in [-0.25, -0.2) is 0 Å². The maximum atomic E-state index is 11.8. The average Bonchev–Trinajstić information content (AvgIpc) is 2.59. The van der Waals surface area contributed by atoms with Gasteiger partial charge in [0, 0.05) is 17.8 Å². The fourth-order valence-electron chi connectivity index (χ4n) is 2.55. The van der Waals surface area contributed by atoms with Gasteiger partial charge in [0.1, 0.15) is 5.75 Å². The van der Waals surface area contributed by atoms with E-state index < -0.39 is 0 Å². The molecule has 23 heavy (non-hydrogen) atoms. The van der Waals surface area contributed by atoms with E-state index >= 15 is 0 Å². The Kier molecular flexibility index (Phi) is 6.93. The molecule has 0 aliphatic heterocycles. The molecule has 0 aromatic heterocycles. The molecule has 0 spiro atoms. The summed E-state index contributed by atoms with van der Waals surface area (Å²) in [5, 5.41) is 6.72. The molecule has 1 saturated carbocycles. The molecule has 0 unspecified atom stereocenters. The highest BCUT2D eigenvalue weighted by Gasteiger charge is 2.14. The molecule has 7 heteroatoms. The van der Waals surface area contributed by atoms with Crippen LogP contribution >= 0.6 is 12.2 Å². The van der Waals surface area contributed by atoms with E-state index in [-0.39, 0.29) is 12.5 Å². The molecule has 1 amide bonds. The Bertz CT molecular complexity index is 533. The van der Waals surface area contributed by atoms with Gasteiger partial charge in [-0.15, -0.1) is 0 Å². The van der Waals surface area contributed by atoms with Crippen LogP contribution in [0.4, 0.5) is 5.69 Å². The van der Waals surface area contributed by atoms with Gasteiger partial charge in [0.15, 0.2) is 5.11 Å². The highest BCUT2D eigenvalue weighted by molar-refractivity contribution is 7.80. The van der Waals surface area contributed by atoms with Gasteiger partial charge in [-0.2, -0.15) is 0 Å². The van der Waals surface area contributed by atoms with Crippen molar-refractivity contribution in [1.82, 2.24) is 16.2 Å². The summed E-state index contributed by atoms with van der Waals surface area (Å²) in [4.78, 5) is 11.8. The number of amides is 1. The number of thiocarbonyl (C=S) groups is 1. The molecule has 0 heterocycles. The lowest BCUT2D eigenvalue weighted by atomic mass is 9.96. The van der Waals surface area contributed by atoms with E-state index in [4.69, 9.17) is 17.0 Å². The summed E-state index contributed by atoms with van der Waals surface area (Å²) in [6.45, 7) is 0.145. The molecule has 1 aliphatic carbocycles. The van der Waals surface area contributed by atoms with Gasteiger partial charge in [0.2, 0.25) is 0 Å². The second-order valence-electron chi connectivity index (χ2n) is 5.57. The zero-order valence-corrected chi connectivity index (χ0v) is 14.2. The molecule has 126 valence electrons. The summed E-state index contributed by atoms with van der Waals surface area (Å²) in [5.41, 5.74) is 6.15. The van der Waals surface area contributed by atoms with Crippen LogP contribution in [0.25, 0.3) is 0 Å². The Morgan fingerprint density at radius 1 is 1.26 bits per heavy atom. The van der Waals surface area contributed by atoms with Crippen molar-refractivity contribution in [3.05, 3.63) is 24.3 Å². The van der Waals surface area contributed by atoms with Crippen molar-refractivity contribution in [2.24, 2.45) is 0 Å². The Labute approximate surface area is 142 Å². The van der Waals surface area contributed by atoms with Gasteiger partial charge in [-0.3, -0.25) is 15.6 Å². The number of carbonyl (C=O) groups is 1. The van der Waals surface area contributed by atoms with Crippen LogP contribution in [0, 0.1) is 0 Å². The number of benzene rings is 1. The number of hydrazine groups is 1. The molecule has 1 aromatic carbocycles. The molecular formula is C16H24N4O2S. The van der Waals surface area contributed by atoms with Gasteiger partial charge in [0.05, 0.1) is 13.7 Å². The maximum absolute atomic E-state index is 11.8. The third-order valence-corrected chi connectivity index (χ3v) is 4.00. The molecule has 6 nitrogen and oxygen atoms in total. The van der Waals surface area contributed by atoms with Crippen LogP contribution in [0.15, 0.2) is 24.3 Å². The fraction of sp³-hybridized carbons (Fsp3) is 0.500. The van der Waals surface area contributed by atoms with Crippen LogP contribution in [0.5, 0.6) is 5.75 Å². The second kappa shape index (κ2) is 9.19. The van der Waals surface area contributed by atoms with Crippen LogP contribution < -0.4 is 26.2 Å². The smallest absolute Gasteiger partial charge is 0.257 e. The largest absolute Gasteiger partial charge is 0.497 e. The summed E-state index contributed by atoms with van der Waals surface area (Å²) < 4.78 is 5.13. The highest BCUT2D eigenvalue weighted by atomic mass is 32.1. The van der Waals surface area contributed by atoms with Gasteiger partial charge >= 0.3 is 0 Å². The molecule has 0 radical (unpaired) electrons. The van der Waals surface area contributed by atoms with Crippen molar-refractivity contribution in [1.29, 1.82) is 0 Å². The van der Waals surface area contributed by atoms with Crippen molar-refractivity contribution >= 4 is 28.9 Å². The van der Waals surface area contributed by atoms with E-state index in [1.165, 1.54) is 19.3 Å². The summed E-state index contributed by atoms with van der Waals surface area (Å²) in [7, 11) is 1.61. The third-order valence-electron chi connectivity index (χ3n) is 3.78. The van der Waals surface area contributed by atoms with Crippen molar-refractivity contribution in [2.75, 3.05) is 19.0 Å². The minimum Gasteiger partial charge on any atom is -0.497 e. The quantitative estimate of drug-likeness (QED) is 0.486. The van der Waals surface area contributed by atoms with Gasteiger partial charge in [-0.1, -0.05) is 25.3 Å². The summed E-state index contributed by atoms with van der Waals surface area (Å²) in [5.74, 6) is 0.548. The van der Waals surface area contributed by atoms with Gasteiger partial charge < -0.3 is 15.4 Å². The number of nitrogens with one attached hydrogen (secondary N) is 4. The van der Waals surface area contributed by atoms with Crippen LogP contribution in [-0.4, -0.2) is 30.7 Å². The van der Waals surface area contributed by atoms with E-state index in [1.54, 1.807) is 7.11 Å². The normalized spacial score (nSPS) is 14.7. The molecule has 1 aromatic rings. The Hall–Kier alpha value is -2.02. The van der Waals surface area contributed by atoms with Crippen LogP contribution in [-0.2, 0) is 4.79 Å². The van der Waals surface area contributed by atoms with Crippen LogP contribution in [0.3, 0.4) is 0 Å². The number of rotatable bonds is 5. The zero-order chi connectivity index (χ0) is 16.5. The molecule has 2 rings (SSSR count). The van der Waals surface area contributed by atoms with Crippen molar-refractivity contribution in [3.8, 4) is 5.75 Å². The molecule has 4 N–H and O–H groups in total. The molecule has 0 atom stereocenters. The Morgan fingerprint density at radius 3 is 2.78 bits per heavy atom. The van der Waals surface area contributed by atoms with Gasteiger partial charge in [0.25, 0.3) is 5.91 Å². The molecule has 0 saturated heterocycles. The van der Waals surface area contributed by atoms with E-state index in [0.29, 0.717) is 11.2 Å². The van der Waals surface area contributed by atoms with E-state index in [0.717, 1.165) is 24.3 Å². The molecular weight excluding hydrogens is 312 g/mol. The summed E-state index contributed by atoms with van der Waals surface area (Å²) >= 11 is 5.19. The van der Waals surface area contributed by atoms with Crippen LogP contribution in [0.1, 0.15) is 32.1 Å². The number of ether oxygens (including phenoxy) is 1. The first-order chi connectivity index (χ1) is 11.2. The second-order valence-corrected chi connectivity index (χ2v) is 5.98. The first kappa shape index (κ1) is 17.3. The highest BCUT2D eigenvalue weighted by Crippen LogP contribution is 2.17. The zero-order valence-electron chi connectivity index (χ0n) is 13.4. The molecule has 1 fully saturated rings. The monoisotopic (exact) mass is 336 g/mol. The predicted octanol–water partition coefficient (Wildman–Crippen LogP) is 1.94. The predicted molar refractivity (Wildman–Crippen MR) is 95.4 cm³/mol. The van der Waals surface area contributed by atoms with Crippen molar-refractivity contribution < 1.29 is 9.53 Å². The number of anilines is 1. The molecule has 0 bridgehead atoms.